The maximum Gasteiger partial charge on any atom is 0.214 e. The fraction of sp³-hybridized carbons (Fsp3) is 0.455. The molecule has 2 aromatic rings. The first-order chi connectivity index (χ1) is 12.6. The fourth-order valence-electron chi connectivity index (χ4n) is 3.02. The summed E-state index contributed by atoms with van der Waals surface area (Å²) in [6.07, 6.45) is 6.51. The molecule has 3 nitrogen and oxygen atoms in total. The van der Waals surface area contributed by atoms with Crippen LogP contribution in [-0.4, -0.2) is 18.5 Å². The lowest BCUT2D eigenvalue weighted by molar-refractivity contribution is 0.399. The Morgan fingerprint density at radius 2 is 1.15 bits per heavy atom. The minimum atomic E-state index is -3.28. The zero-order valence-corrected chi connectivity index (χ0v) is 16.6. The van der Waals surface area contributed by atoms with Crippen molar-refractivity contribution >= 4 is 10.0 Å². The van der Waals surface area contributed by atoms with Crippen molar-refractivity contribution in [1.82, 2.24) is 4.31 Å². The molecule has 0 aliphatic carbocycles. The van der Waals surface area contributed by atoms with Crippen LogP contribution in [0.25, 0.3) is 0 Å². The first-order valence-corrected chi connectivity index (χ1v) is 11.3. The van der Waals surface area contributed by atoms with Gasteiger partial charge in [-0.05, 0) is 17.5 Å². The van der Waals surface area contributed by atoms with Crippen LogP contribution in [0, 0.1) is 0 Å². The molecular weight excluding hydrogens is 342 g/mol. The maximum atomic E-state index is 13.0. The van der Waals surface area contributed by atoms with E-state index in [-0.39, 0.29) is 5.75 Å². The maximum absolute atomic E-state index is 13.0. The summed E-state index contributed by atoms with van der Waals surface area (Å²) in [5.41, 5.74) is 2.05. The second-order valence-corrected chi connectivity index (χ2v) is 8.91. The van der Waals surface area contributed by atoms with Crippen LogP contribution in [0.4, 0.5) is 0 Å². The second kappa shape index (κ2) is 11.1. The van der Waals surface area contributed by atoms with Crippen LogP contribution in [0.3, 0.4) is 0 Å². The molecule has 2 rings (SSSR count). The smallest absolute Gasteiger partial charge is 0.212 e. The number of sulfonamides is 1. The van der Waals surface area contributed by atoms with E-state index >= 15 is 0 Å². The molecule has 0 aliphatic rings. The lowest BCUT2D eigenvalue weighted by Crippen LogP contribution is -2.32. The molecule has 0 bridgehead atoms. The number of nitrogens with zero attached hydrogens (tertiary/aromatic N) is 1. The highest BCUT2D eigenvalue weighted by Gasteiger charge is 2.22. The number of hydrogen-bond donors (Lipinski definition) is 0. The molecule has 4 heteroatoms. The number of unbranched alkanes of at least 4 members (excludes halogenated alkanes) is 5. The molecule has 0 amide bonds. The van der Waals surface area contributed by atoms with Crippen LogP contribution >= 0.6 is 0 Å². The van der Waals surface area contributed by atoms with E-state index in [0.29, 0.717) is 13.1 Å². The average Bonchev–Trinajstić information content (AvgIpc) is 2.66. The van der Waals surface area contributed by atoms with Crippen LogP contribution in [0.1, 0.15) is 56.6 Å². The van der Waals surface area contributed by atoms with Gasteiger partial charge in [0.05, 0.1) is 5.75 Å². The van der Waals surface area contributed by atoms with Crippen LogP contribution in [0.15, 0.2) is 60.7 Å². The summed E-state index contributed by atoms with van der Waals surface area (Å²) in [6, 6.07) is 19.7. The van der Waals surface area contributed by atoms with E-state index in [4.69, 9.17) is 0 Å². The van der Waals surface area contributed by atoms with Crippen molar-refractivity contribution in [3.8, 4) is 0 Å². The Morgan fingerprint density at radius 1 is 0.692 bits per heavy atom. The Labute approximate surface area is 159 Å². The third-order valence-corrected chi connectivity index (χ3v) is 6.40. The standard InChI is InChI=1S/C22H31NO2S/c1-2-3-4-5-6-13-18-26(24,25)23(19-21-14-9-7-10-15-21)20-22-16-11-8-12-17-22/h7-12,14-17H,2-6,13,18-20H2,1H3. The Morgan fingerprint density at radius 3 is 1.65 bits per heavy atom. The molecule has 2 aromatic carbocycles. The average molecular weight is 374 g/mol. The van der Waals surface area contributed by atoms with Crippen molar-refractivity contribution < 1.29 is 8.42 Å². The normalized spacial score (nSPS) is 11.8. The van der Waals surface area contributed by atoms with Crippen LogP contribution in [0.5, 0.6) is 0 Å². The predicted octanol–water partition coefficient (Wildman–Crippen LogP) is 5.38. The topological polar surface area (TPSA) is 37.4 Å². The van der Waals surface area contributed by atoms with Gasteiger partial charge < -0.3 is 0 Å². The van der Waals surface area contributed by atoms with E-state index in [1.807, 2.05) is 60.7 Å². The quantitative estimate of drug-likeness (QED) is 0.468. The lowest BCUT2D eigenvalue weighted by Gasteiger charge is -2.22. The van der Waals surface area contributed by atoms with Gasteiger partial charge in [-0.3, -0.25) is 0 Å². The minimum Gasteiger partial charge on any atom is -0.212 e. The lowest BCUT2D eigenvalue weighted by atomic mass is 10.1. The summed E-state index contributed by atoms with van der Waals surface area (Å²) in [7, 11) is -3.28. The molecule has 142 valence electrons. The highest BCUT2D eigenvalue weighted by molar-refractivity contribution is 7.89. The highest BCUT2D eigenvalue weighted by Crippen LogP contribution is 2.16. The van der Waals surface area contributed by atoms with Crippen LogP contribution in [0.2, 0.25) is 0 Å². The van der Waals surface area contributed by atoms with Gasteiger partial charge in [0.1, 0.15) is 0 Å². The molecule has 0 saturated heterocycles. The Balaban J connectivity index is 2.01. The van der Waals surface area contributed by atoms with Crippen molar-refractivity contribution in [2.75, 3.05) is 5.75 Å². The van der Waals surface area contributed by atoms with Gasteiger partial charge in [0, 0.05) is 13.1 Å². The van der Waals surface area contributed by atoms with E-state index in [9.17, 15) is 8.42 Å². The van der Waals surface area contributed by atoms with Gasteiger partial charge in [0.2, 0.25) is 10.0 Å². The molecule has 0 aromatic heterocycles. The Kier molecular flexibility index (Phi) is 8.86. The Bertz CT molecular complexity index is 673. The third kappa shape index (κ3) is 7.30. The van der Waals surface area contributed by atoms with Crippen molar-refractivity contribution in [3.63, 3.8) is 0 Å². The molecule has 0 spiro atoms. The van der Waals surface area contributed by atoms with E-state index < -0.39 is 10.0 Å². The third-order valence-electron chi connectivity index (χ3n) is 4.55. The molecule has 0 aliphatic heterocycles. The van der Waals surface area contributed by atoms with Crippen LogP contribution in [-0.2, 0) is 23.1 Å². The molecule has 0 heterocycles. The molecule has 0 unspecified atom stereocenters. The molecule has 0 saturated carbocycles. The van der Waals surface area contributed by atoms with Gasteiger partial charge in [0.25, 0.3) is 0 Å². The van der Waals surface area contributed by atoms with Crippen molar-refractivity contribution in [1.29, 1.82) is 0 Å². The minimum absolute atomic E-state index is 0.235. The Hall–Kier alpha value is -1.65. The first kappa shape index (κ1) is 20.7. The SMILES string of the molecule is CCCCCCCCS(=O)(=O)N(Cc1ccccc1)Cc1ccccc1. The van der Waals surface area contributed by atoms with Gasteiger partial charge >= 0.3 is 0 Å². The monoisotopic (exact) mass is 373 g/mol. The van der Waals surface area contributed by atoms with Gasteiger partial charge in [-0.15, -0.1) is 0 Å². The van der Waals surface area contributed by atoms with E-state index in [1.165, 1.54) is 19.3 Å². The molecule has 0 N–H and O–H groups in total. The summed E-state index contributed by atoms with van der Waals surface area (Å²) in [5, 5.41) is 0. The molecule has 0 atom stereocenters. The molecule has 0 fully saturated rings. The number of rotatable bonds is 12. The zero-order chi connectivity index (χ0) is 18.7. The summed E-state index contributed by atoms with van der Waals surface area (Å²) in [6.45, 7) is 3.04. The second-order valence-electron chi connectivity index (χ2n) is 6.82. The number of hydrogen-bond acceptors (Lipinski definition) is 2. The summed E-state index contributed by atoms with van der Waals surface area (Å²) in [5.74, 6) is 0.235. The van der Waals surface area contributed by atoms with Gasteiger partial charge in [0.15, 0.2) is 0 Å². The van der Waals surface area contributed by atoms with Crippen LogP contribution < -0.4 is 0 Å². The summed E-state index contributed by atoms with van der Waals surface area (Å²) >= 11 is 0. The predicted molar refractivity (Wildman–Crippen MR) is 109 cm³/mol. The summed E-state index contributed by atoms with van der Waals surface area (Å²) in [4.78, 5) is 0. The van der Waals surface area contributed by atoms with E-state index in [1.54, 1.807) is 4.31 Å². The van der Waals surface area contributed by atoms with E-state index in [0.717, 1.165) is 30.4 Å². The van der Waals surface area contributed by atoms with Crippen molar-refractivity contribution in [2.24, 2.45) is 0 Å². The molecule has 0 radical (unpaired) electrons. The first-order valence-electron chi connectivity index (χ1n) is 9.67. The fourth-order valence-corrected chi connectivity index (χ4v) is 4.54. The summed E-state index contributed by atoms with van der Waals surface area (Å²) < 4.78 is 27.5. The van der Waals surface area contributed by atoms with E-state index in [2.05, 4.69) is 6.92 Å². The van der Waals surface area contributed by atoms with Gasteiger partial charge in [-0.1, -0.05) is 99.7 Å². The molecule has 26 heavy (non-hydrogen) atoms. The zero-order valence-electron chi connectivity index (χ0n) is 15.8. The highest BCUT2D eigenvalue weighted by atomic mass is 32.2. The van der Waals surface area contributed by atoms with Gasteiger partial charge in [-0.2, -0.15) is 4.31 Å². The van der Waals surface area contributed by atoms with Gasteiger partial charge in [-0.25, -0.2) is 8.42 Å². The molecular formula is C22H31NO2S. The number of benzene rings is 2. The van der Waals surface area contributed by atoms with Crippen molar-refractivity contribution in [3.05, 3.63) is 71.8 Å². The van der Waals surface area contributed by atoms with Crippen molar-refractivity contribution in [2.45, 2.75) is 58.5 Å². The largest absolute Gasteiger partial charge is 0.214 e.